The number of hydrogen-bond acceptors (Lipinski definition) is 4. The molecule has 0 saturated carbocycles. The summed E-state index contributed by atoms with van der Waals surface area (Å²) < 4.78 is 29.3. The SMILES string of the molecule is Cc1nccn1-c1ccccc1CNC(=O)c1ccccc1N(C)S(=O)(=O)c1ccccc1. The minimum absolute atomic E-state index is 0.160. The van der Waals surface area contributed by atoms with Gasteiger partial charge in [-0.25, -0.2) is 13.4 Å². The molecule has 4 aromatic rings. The molecule has 0 aliphatic heterocycles. The summed E-state index contributed by atoms with van der Waals surface area (Å²) >= 11 is 0. The Morgan fingerprint density at radius 3 is 2.36 bits per heavy atom. The Kier molecular flexibility index (Phi) is 6.28. The topological polar surface area (TPSA) is 84.3 Å². The third-order valence-electron chi connectivity index (χ3n) is 5.41. The molecule has 0 atom stereocenters. The number of aromatic nitrogens is 2. The molecule has 4 rings (SSSR count). The maximum Gasteiger partial charge on any atom is 0.264 e. The number of carbonyl (C=O) groups is 1. The van der Waals surface area contributed by atoms with Crippen molar-refractivity contribution in [2.75, 3.05) is 11.4 Å². The van der Waals surface area contributed by atoms with Gasteiger partial charge in [-0.05, 0) is 42.8 Å². The summed E-state index contributed by atoms with van der Waals surface area (Å²) in [6.45, 7) is 2.19. The van der Waals surface area contributed by atoms with Crippen molar-refractivity contribution < 1.29 is 13.2 Å². The molecule has 0 aliphatic rings. The first-order valence-electron chi connectivity index (χ1n) is 10.4. The number of amides is 1. The van der Waals surface area contributed by atoms with E-state index in [-0.39, 0.29) is 22.9 Å². The van der Waals surface area contributed by atoms with Gasteiger partial charge in [0.2, 0.25) is 0 Å². The lowest BCUT2D eigenvalue weighted by Gasteiger charge is -2.22. The van der Waals surface area contributed by atoms with Gasteiger partial charge >= 0.3 is 0 Å². The van der Waals surface area contributed by atoms with Crippen molar-refractivity contribution in [2.24, 2.45) is 0 Å². The number of benzene rings is 3. The minimum Gasteiger partial charge on any atom is -0.348 e. The molecule has 1 amide bonds. The molecule has 0 radical (unpaired) electrons. The molecule has 0 spiro atoms. The molecule has 168 valence electrons. The highest BCUT2D eigenvalue weighted by molar-refractivity contribution is 7.92. The summed E-state index contributed by atoms with van der Waals surface area (Å²) in [4.78, 5) is 17.5. The average Bonchev–Trinajstić information content (AvgIpc) is 3.28. The molecule has 3 aromatic carbocycles. The highest BCUT2D eigenvalue weighted by atomic mass is 32.2. The number of imidazole rings is 1. The van der Waals surface area contributed by atoms with Gasteiger partial charge in [-0.1, -0.05) is 48.5 Å². The van der Waals surface area contributed by atoms with Crippen LogP contribution < -0.4 is 9.62 Å². The van der Waals surface area contributed by atoms with Crippen LogP contribution in [0.5, 0.6) is 0 Å². The lowest BCUT2D eigenvalue weighted by Crippen LogP contribution is -2.30. The Morgan fingerprint density at radius 1 is 0.970 bits per heavy atom. The minimum atomic E-state index is -3.81. The molecule has 0 aliphatic carbocycles. The normalized spacial score (nSPS) is 11.2. The fraction of sp³-hybridized carbons (Fsp3) is 0.120. The zero-order chi connectivity index (χ0) is 23.4. The second kappa shape index (κ2) is 9.30. The van der Waals surface area contributed by atoms with Crippen LogP contribution in [0.15, 0.2) is 96.2 Å². The number of para-hydroxylation sites is 2. The summed E-state index contributed by atoms with van der Waals surface area (Å²) in [5.41, 5.74) is 2.41. The summed E-state index contributed by atoms with van der Waals surface area (Å²) in [6, 6.07) is 22.5. The van der Waals surface area contributed by atoms with E-state index in [0.29, 0.717) is 5.69 Å². The standard InChI is InChI=1S/C25H24N4O3S/c1-19-26-16-17-29(19)23-14-8-6-10-20(23)18-27-25(30)22-13-7-9-15-24(22)28(2)33(31,32)21-11-4-3-5-12-21/h3-17H,18H2,1-2H3,(H,27,30). The van der Waals surface area contributed by atoms with Crippen LogP contribution in [0.4, 0.5) is 5.69 Å². The zero-order valence-corrected chi connectivity index (χ0v) is 19.2. The zero-order valence-electron chi connectivity index (χ0n) is 18.3. The van der Waals surface area contributed by atoms with Crippen molar-refractivity contribution in [3.05, 3.63) is 108 Å². The molecule has 33 heavy (non-hydrogen) atoms. The predicted octanol–water partition coefficient (Wildman–Crippen LogP) is 3.94. The smallest absolute Gasteiger partial charge is 0.264 e. The van der Waals surface area contributed by atoms with Crippen LogP contribution in [0.3, 0.4) is 0 Å². The van der Waals surface area contributed by atoms with Crippen molar-refractivity contribution >= 4 is 21.6 Å². The van der Waals surface area contributed by atoms with Crippen LogP contribution in [0, 0.1) is 6.92 Å². The van der Waals surface area contributed by atoms with E-state index in [2.05, 4.69) is 10.3 Å². The van der Waals surface area contributed by atoms with E-state index in [4.69, 9.17) is 0 Å². The second-order valence-electron chi connectivity index (χ2n) is 7.46. The van der Waals surface area contributed by atoms with E-state index < -0.39 is 10.0 Å². The third kappa shape index (κ3) is 4.51. The monoisotopic (exact) mass is 460 g/mol. The summed E-state index contributed by atoms with van der Waals surface area (Å²) in [7, 11) is -2.36. The van der Waals surface area contributed by atoms with Crippen LogP contribution in [0.1, 0.15) is 21.7 Å². The lowest BCUT2D eigenvalue weighted by molar-refractivity contribution is 0.0951. The van der Waals surface area contributed by atoms with E-state index in [0.717, 1.165) is 21.4 Å². The first kappa shape index (κ1) is 22.3. The fourth-order valence-corrected chi connectivity index (χ4v) is 4.85. The molecular formula is C25H24N4O3S. The molecule has 0 fully saturated rings. The van der Waals surface area contributed by atoms with Gasteiger partial charge in [0, 0.05) is 26.0 Å². The Morgan fingerprint density at radius 2 is 1.64 bits per heavy atom. The summed E-state index contributed by atoms with van der Waals surface area (Å²) in [6.07, 6.45) is 3.60. The number of carbonyl (C=O) groups excluding carboxylic acids is 1. The van der Waals surface area contributed by atoms with Gasteiger partial charge in [-0.2, -0.15) is 0 Å². The van der Waals surface area contributed by atoms with Gasteiger partial charge in [0.25, 0.3) is 15.9 Å². The van der Waals surface area contributed by atoms with Crippen molar-refractivity contribution in [3.8, 4) is 5.69 Å². The largest absolute Gasteiger partial charge is 0.348 e. The molecule has 7 nitrogen and oxygen atoms in total. The van der Waals surface area contributed by atoms with E-state index in [9.17, 15) is 13.2 Å². The van der Waals surface area contributed by atoms with E-state index in [1.165, 1.54) is 19.2 Å². The molecule has 0 saturated heterocycles. The van der Waals surface area contributed by atoms with Crippen LogP contribution in [-0.2, 0) is 16.6 Å². The molecule has 1 heterocycles. The fourth-order valence-electron chi connectivity index (χ4n) is 3.62. The molecule has 1 aromatic heterocycles. The molecular weight excluding hydrogens is 436 g/mol. The molecule has 8 heteroatoms. The maximum atomic E-state index is 13.1. The van der Waals surface area contributed by atoms with E-state index in [1.54, 1.807) is 48.7 Å². The molecule has 0 unspecified atom stereocenters. The maximum absolute atomic E-state index is 13.1. The number of rotatable bonds is 7. The quantitative estimate of drug-likeness (QED) is 0.453. The lowest BCUT2D eigenvalue weighted by atomic mass is 10.1. The van der Waals surface area contributed by atoms with Gasteiger partial charge < -0.3 is 9.88 Å². The highest BCUT2D eigenvalue weighted by Crippen LogP contribution is 2.26. The van der Waals surface area contributed by atoms with Gasteiger partial charge in [-0.15, -0.1) is 0 Å². The Balaban J connectivity index is 1.59. The van der Waals surface area contributed by atoms with Gasteiger partial charge in [-0.3, -0.25) is 9.10 Å². The van der Waals surface area contributed by atoms with E-state index >= 15 is 0 Å². The van der Waals surface area contributed by atoms with Gasteiger partial charge in [0.05, 0.1) is 21.8 Å². The van der Waals surface area contributed by atoms with Crippen molar-refractivity contribution in [2.45, 2.75) is 18.4 Å². The Bertz CT molecular complexity index is 1380. The predicted molar refractivity (Wildman–Crippen MR) is 128 cm³/mol. The van der Waals surface area contributed by atoms with Crippen molar-refractivity contribution in [3.63, 3.8) is 0 Å². The van der Waals surface area contributed by atoms with E-state index in [1.807, 2.05) is 42.0 Å². The summed E-state index contributed by atoms with van der Waals surface area (Å²) in [5.74, 6) is 0.477. The highest BCUT2D eigenvalue weighted by Gasteiger charge is 2.24. The Labute approximate surface area is 193 Å². The van der Waals surface area contributed by atoms with Crippen LogP contribution >= 0.6 is 0 Å². The average molecular weight is 461 g/mol. The Hall–Kier alpha value is -3.91. The number of nitrogens with one attached hydrogen (secondary N) is 1. The van der Waals surface area contributed by atoms with Crippen molar-refractivity contribution in [1.29, 1.82) is 0 Å². The third-order valence-corrected chi connectivity index (χ3v) is 7.19. The second-order valence-corrected chi connectivity index (χ2v) is 9.43. The first-order chi connectivity index (χ1) is 15.9. The van der Waals surface area contributed by atoms with Gasteiger partial charge in [0.1, 0.15) is 5.82 Å². The number of aryl methyl sites for hydroxylation is 1. The molecule has 1 N–H and O–H groups in total. The number of nitrogens with zero attached hydrogens (tertiary/aromatic N) is 3. The number of hydrogen-bond donors (Lipinski definition) is 1. The molecule has 0 bridgehead atoms. The van der Waals surface area contributed by atoms with Crippen LogP contribution in [-0.4, -0.2) is 30.9 Å². The van der Waals surface area contributed by atoms with Crippen molar-refractivity contribution in [1.82, 2.24) is 14.9 Å². The number of sulfonamides is 1. The summed E-state index contributed by atoms with van der Waals surface area (Å²) in [5, 5.41) is 2.93. The van der Waals surface area contributed by atoms with Crippen LogP contribution in [0.2, 0.25) is 0 Å². The van der Waals surface area contributed by atoms with Gasteiger partial charge in [0.15, 0.2) is 0 Å². The van der Waals surface area contributed by atoms with Crippen LogP contribution in [0.25, 0.3) is 5.69 Å². The first-order valence-corrected chi connectivity index (χ1v) is 11.8. The number of anilines is 1.